The standard InChI is InChI=1S/C30H54O14/c1-21(37-13-27(31)43-19-29(3,15-33-5-23-9-39-23)16-34-6-24-10-40-24)22(2)38-14-28(32)44-20-30(4,17-35-7-25-11-41-25)18-36-8-26-12-42-26/h21-28,31-32H,5-20H2,1-4H3/t21-,22+,23?,24?,25?,26?,27?,28?,29?,30?. The van der Waals surface area contributed by atoms with Crippen LogP contribution in [-0.4, -0.2) is 165 Å². The second-order valence-corrected chi connectivity index (χ2v) is 13.1. The molecular weight excluding hydrogens is 584 g/mol. The van der Waals surface area contributed by atoms with Gasteiger partial charge in [-0.25, -0.2) is 0 Å². The number of epoxide rings is 4. The van der Waals surface area contributed by atoms with E-state index < -0.39 is 23.4 Å². The third-order valence-corrected chi connectivity index (χ3v) is 7.54. The van der Waals surface area contributed by atoms with Crippen molar-refractivity contribution in [2.24, 2.45) is 10.8 Å². The minimum atomic E-state index is -1.14. The first-order valence-corrected chi connectivity index (χ1v) is 15.7. The molecule has 14 heteroatoms. The van der Waals surface area contributed by atoms with Crippen molar-refractivity contribution in [2.75, 3.05) is 106 Å². The van der Waals surface area contributed by atoms with Gasteiger partial charge in [0, 0.05) is 10.8 Å². The zero-order valence-electron chi connectivity index (χ0n) is 26.7. The van der Waals surface area contributed by atoms with Gasteiger partial charge < -0.3 is 67.1 Å². The summed E-state index contributed by atoms with van der Waals surface area (Å²) in [6.07, 6.45) is -2.38. The minimum Gasteiger partial charge on any atom is -0.378 e. The van der Waals surface area contributed by atoms with E-state index in [1.807, 2.05) is 27.7 Å². The van der Waals surface area contributed by atoms with Crippen molar-refractivity contribution >= 4 is 0 Å². The summed E-state index contributed by atoms with van der Waals surface area (Å²) in [5.74, 6) is 0. The molecule has 6 unspecified atom stereocenters. The van der Waals surface area contributed by atoms with Crippen molar-refractivity contribution in [1.82, 2.24) is 0 Å². The van der Waals surface area contributed by atoms with Crippen LogP contribution >= 0.6 is 0 Å². The van der Waals surface area contributed by atoms with Crippen molar-refractivity contribution in [2.45, 2.75) is 76.9 Å². The van der Waals surface area contributed by atoms with E-state index in [2.05, 4.69) is 0 Å². The molecule has 0 radical (unpaired) electrons. The minimum absolute atomic E-state index is 0.0479. The van der Waals surface area contributed by atoms with Gasteiger partial charge in [0.1, 0.15) is 24.4 Å². The van der Waals surface area contributed by atoms with E-state index in [1.165, 1.54) is 0 Å². The zero-order valence-corrected chi connectivity index (χ0v) is 26.7. The third kappa shape index (κ3) is 15.8. The molecule has 14 nitrogen and oxygen atoms in total. The first-order chi connectivity index (χ1) is 21.1. The lowest BCUT2D eigenvalue weighted by Crippen LogP contribution is -2.39. The second-order valence-electron chi connectivity index (χ2n) is 13.1. The van der Waals surface area contributed by atoms with Gasteiger partial charge in [-0.15, -0.1) is 0 Å². The predicted molar refractivity (Wildman–Crippen MR) is 153 cm³/mol. The van der Waals surface area contributed by atoms with Gasteiger partial charge >= 0.3 is 0 Å². The summed E-state index contributed by atoms with van der Waals surface area (Å²) < 4.78 is 67.0. The zero-order chi connectivity index (χ0) is 31.4. The fraction of sp³-hybridized carbons (Fsp3) is 1.00. The smallest absolute Gasteiger partial charge is 0.178 e. The number of rotatable bonds is 29. The molecule has 4 aliphatic heterocycles. The highest BCUT2D eigenvalue weighted by molar-refractivity contribution is 4.78. The van der Waals surface area contributed by atoms with Crippen LogP contribution in [0.15, 0.2) is 0 Å². The summed E-state index contributed by atoms with van der Waals surface area (Å²) in [5.41, 5.74) is -0.928. The van der Waals surface area contributed by atoms with Gasteiger partial charge in [0.2, 0.25) is 0 Å². The van der Waals surface area contributed by atoms with Gasteiger partial charge in [-0.3, -0.25) is 0 Å². The monoisotopic (exact) mass is 638 g/mol. The number of aliphatic hydroxyl groups is 2. The van der Waals surface area contributed by atoms with Gasteiger partial charge in [0.15, 0.2) is 12.6 Å². The van der Waals surface area contributed by atoms with Crippen LogP contribution in [0.5, 0.6) is 0 Å². The van der Waals surface area contributed by atoms with Crippen molar-refractivity contribution in [3.05, 3.63) is 0 Å². The molecule has 0 aliphatic carbocycles. The van der Waals surface area contributed by atoms with E-state index in [0.29, 0.717) is 52.9 Å². The Balaban J connectivity index is 1.08. The molecule has 0 spiro atoms. The Morgan fingerprint density at radius 1 is 0.523 bits per heavy atom. The SMILES string of the molecule is C[C@H](OCC(O)OCC(C)(COCC1CO1)COCC1CO1)[C@@H](C)OCC(O)OCC(C)(COCC1CO1)COCC1CO1. The quantitative estimate of drug-likeness (QED) is 0.0840. The van der Waals surface area contributed by atoms with Gasteiger partial charge in [-0.1, -0.05) is 13.8 Å². The molecule has 258 valence electrons. The average Bonchev–Trinajstić information content (AvgIpc) is 3.82. The van der Waals surface area contributed by atoms with Gasteiger partial charge in [0.25, 0.3) is 0 Å². The summed E-state index contributed by atoms with van der Waals surface area (Å²) >= 11 is 0. The van der Waals surface area contributed by atoms with E-state index in [0.717, 1.165) is 26.4 Å². The number of hydrogen-bond acceptors (Lipinski definition) is 14. The first-order valence-electron chi connectivity index (χ1n) is 15.7. The highest BCUT2D eigenvalue weighted by Gasteiger charge is 2.33. The van der Waals surface area contributed by atoms with Crippen molar-refractivity contribution < 1.29 is 67.1 Å². The summed E-state index contributed by atoms with van der Waals surface area (Å²) in [7, 11) is 0. The Bertz CT molecular complexity index is 688. The number of aliphatic hydroxyl groups excluding tert-OH is 2. The third-order valence-electron chi connectivity index (χ3n) is 7.54. The fourth-order valence-corrected chi connectivity index (χ4v) is 4.08. The maximum atomic E-state index is 10.4. The Hall–Kier alpha value is -0.560. The molecule has 0 aromatic heterocycles. The summed E-state index contributed by atoms with van der Waals surface area (Å²) in [6.45, 7) is 14.6. The molecule has 8 atom stereocenters. The van der Waals surface area contributed by atoms with Crippen molar-refractivity contribution in [3.8, 4) is 0 Å². The fourth-order valence-electron chi connectivity index (χ4n) is 4.08. The maximum Gasteiger partial charge on any atom is 0.178 e. The van der Waals surface area contributed by atoms with Gasteiger partial charge in [0.05, 0.1) is 118 Å². The maximum absolute atomic E-state index is 10.4. The molecule has 4 rings (SSSR count). The first kappa shape index (κ1) is 36.3. The summed E-state index contributed by atoms with van der Waals surface area (Å²) in [6, 6.07) is 0. The number of hydrogen-bond donors (Lipinski definition) is 2. The van der Waals surface area contributed by atoms with Gasteiger partial charge in [-0.05, 0) is 13.8 Å². The topological polar surface area (TPSA) is 164 Å². The molecular formula is C30H54O14. The van der Waals surface area contributed by atoms with Crippen LogP contribution in [-0.2, 0) is 56.8 Å². The molecule has 4 aliphatic rings. The molecule has 2 N–H and O–H groups in total. The largest absolute Gasteiger partial charge is 0.378 e. The lowest BCUT2D eigenvalue weighted by molar-refractivity contribution is -0.199. The molecule has 0 aromatic rings. The summed E-state index contributed by atoms with van der Waals surface area (Å²) in [4.78, 5) is 0. The molecule has 0 bridgehead atoms. The number of ether oxygens (including phenoxy) is 12. The molecule has 4 heterocycles. The van der Waals surface area contributed by atoms with Crippen molar-refractivity contribution in [3.63, 3.8) is 0 Å². The Morgan fingerprint density at radius 2 is 0.795 bits per heavy atom. The van der Waals surface area contributed by atoms with E-state index in [9.17, 15) is 10.2 Å². The highest BCUT2D eigenvalue weighted by atomic mass is 16.7. The lowest BCUT2D eigenvalue weighted by atomic mass is 9.94. The van der Waals surface area contributed by atoms with Crippen LogP contribution in [0.2, 0.25) is 0 Å². The second kappa shape index (κ2) is 18.1. The molecule has 44 heavy (non-hydrogen) atoms. The molecule has 4 saturated heterocycles. The van der Waals surface area contributed by atoms with Crippen LogP contribution in [0.4, 0.5) is 0 Å². The van der Waals surface area contributed by atoms with E-state index in [1.54, 1.807) is 0 Å². The predicted octanol–water partition coefficient (Wildman–Crippen LogP) is 0.141. The summed E-state index contributed by atoms with van der Waals surface area (Å²) in [5, 5.41) is 20.9. The molecule has 0 aromatic carbocycles. The molecule has 4 fully saturated rings. The van der Waals surface area contributed by atoms with E-state index in [-0.39, 0.29) is 63.1 Å². The van der Waals surface area contributed by atoms with Crippen LogP contribution in [0.3, 0.4) is 0 Å². The van der Waals surface area contributed by atoms with Crippen molar-refractivity contribution in [1.29, 1.82) is 0 Å². The Kier molecular flexibility index (Phi) is 14.9. The van der Waals surface area contributed by atoms with Gasteiger partial charge in [-0.2, -0.15) is 0 Å². The van der Waals surface area contributed by atoms with E-state index >= 15 is 0 Å². The molecule has 0 amide bonds. The molecule has 0 saturated carbocycles. The van der Waals surface area contributed by atoms with Crippen LogP contribution in [0.25, 0.3) is 0 Å². The Labute approximate surface area is 260 Å². The average molecular weight is 639 g/mol. The van der Waals surface area contributed by atoms with Crippen LogP contribution < -0.4 is 0 Å². The van der Waals surface area contributed by atoms with Crippen LogP contribution in [0.1, 0.15) is 27.7 Å². The van der Waals surface area contributed by atoms with Crippen LogP contribution in [0, 0.1) is 10.8 Å². The normalized spacial score (nSPS) is 29.3. The Morgan fingerprint density at radius 3 is 1.05 bits per heavy atom. The highest BCUT2D eigenvalue weighted by Crippen LogP contribution is 2.23. The van der Waals surface area contributed by atoms with E-state index in [4.69, 9.17) is 56.8 Å². The lowest BCUT2D eigenvalue weighted by Gasteiger charge is -2.31.